The van der Waals surface area contributed by atoms with Crippen LogP contribution in [0.15, 0.2) is 30.5 Å². The fourth-order valence-corrected chi connectivity index (χ4v) is 2.36. The maximum absolute atomic E-state index is 12.8. The van der Waals surface area contributed by atoms with Gasteiger partial charge in [-0.1, -0.05) is 5.21 Å². The van der Waals surface area contributed by atoms with Crippen LogP contribution in [-0.2, 0) is 11.3 Å². The monoisotopic (exact) mass is 304 g/mol. The molecule has 1 aromatic heterocycles. The van der Waals surface area contributed by atoms with Crippen molar-refractivity contribution in [2.45, 2.75) is 18.9 Å². The number of halogens is 1. The molecular weight excluding hydrogens is 287 g/mol. The topological polar surface area (TPSA) is 69.0 Å². The van der Waals surface area contributed by atoms with E-state index in [1.165, 1.54) is 24.3 Å². The summed E-state index contributed by atoms with van der Waals surface area (Å²) < 4.78 is 19.8. The van der Waals surface area contributed by atoms with Crippen molar-refractivity contribution >= 4 is 5.91 Å². The van der Waals surface area contributed by atoms with Gasteiger partial charge in [0.1, 0.15) is 5.82 Å². The largest absolute Gasteiger partial charge is 0.381 e. The zero-order chi connectivity index (χ0) is 15.4. The Morgan fingerprint density at radius 2 is 2.23 bits per heavy atom. The molecule has 1 aliphatic heterocycles. The number of benzene rings is 1. The number of carbonyl (C=O) groups excluding carboxylic acids is 1. The van der Waals surface area contributed by atoms with E-state index < -0.39 is 0 Å². The van der Waals surface area contributed by atoms with E-state index in [0.717, 1.165) is 18.7 Å². The van der Waals surface area contributed by atoms with Gasteiger partial charge < -0.3 is 10.1 Å². The maximum Gasteiger partial charge on any atom is 0.251 e. The standard InChI is InChI=1S/C15H17FN4O2/c16-13-3-1-11(2-4-13)15(21)17-6-7-20-9-14(18-19-20)12-5-8-22-10-12/h1-4,9,12H,5-8,10H2,(H,17,21)/t12-/m1/s1. The van der Waals surface area contributed by atoms with E-state index in [1.54, 1.807) is 4.68 Å². The molecule has 0 radical (unpaired) electrons. The molecule has 3 rings (SSSR count). The number of ether oxygens (including phenoxy) is 1. The fraction of sp³-hybridized carbons (Fsp3) is 0.400. The van der Waals surface area contributed by atoms with Crippen LogP contribution in [0.3, 0.4) is 0 Å². The van der Waals surface area contributed by atoms with E-state index in [9.17, 15) is 9.18 Å². The summed E-state index contributed by atoms with van der Waals surface area (Å²) in [5.41, 5.74) is 1.37. The Balaban J connectivity index is 1.48. The quantitative estimate of drug-likeness (QED) is 0.905. The predicted octanol–water partition coefficient (Wildman–Crippen LogP) is 1.35. The van der Waals surface area contributed by atoms with Gasteiger partial charge in [-0.25, -0.2) is 4.39 Å². The van der Waals surface area contributed by atoms with Crippen molar-refractivity contribution in [1.82, 2.24) is 20.3 Å². The molecule has 1 fully saturated rings. The lowest BCUT2D eigenvalue weighted by Crippen LogP contribution is -2.27. The van der Waals surface area contributed by atoms with Gasteiger partial charge in [0.25, 0.3) is 5.91 Å². The second-order valence-electron chi connectivity index (χ2n) is 5.23. The summed E-state index contributed by atoms with van der Waals surface area (Å²) in [6.07, 6.45) is 2.86. The molecule has 6 nitrogen and oxygen atoms in total. The first-order valence-electron chi connectivity index (χ1n) is 7.24. The molecule has 0 saturated carbocycles. The van der Waals surface area contributed by atoms with E-state index in [4.69, 9.17) is 4.74 Å². The minimum Gasteiger partial charge on any atom is -0.381 e. The highest BCUT2D eigenvalue weighted by Gasteiger charge is 2.20. The molecule has 1 amide bonds. The van der Waals surface area contributed by atoms with Crippen LogP contribution in [-0.4, -0.2) is 40.7 Å². The zero-order valence-corrected chi connectivity index (χ0v) is 12.0. The summed E-state index contributed by atoms with van der Waals surface area (Å²) >= 11 is 0. The first-order valence-corrected chi connectivity index (χ1v) is 7.24. The first-order chi connectivity index (χ1) is 10.7. The molecule has 0 aliphatic carbocycles. The Morgan fingerprint density at radius 3 is 2.95 bits per heavy atom. The van der Waals surface area contributed by atoms with Crippen molar-refractivity contribution in [3.8, 4) is 0 Å². The van der Waals surface area contributed by atoms with Crippen molar-refractivity contribution in [1.29, 1.82) is 0 Å². The van der Waals surface area contributed by atoms with Crippen molar-refractivity contribution in [2.75, 3.05) is 19.8 Å². The van der Waals surface area contributed by atoms with E-state index in [-0.39, 0.29) is 11.7 Å². The highest BCUT2D eigenvalue weighted by molar-refractivity contribution is 5.94. The third-order valence-corrected chi connectivity index (χ3v) is 3.64. The van der Waals surface area contributed by atoms with Crippen LogP contribution in [0.2, 0.25) is 0 Å². The van der Waals surface area contributed by atoms with Crippen molar-refractivity contribution in [2.24, 2.45) is 0 Å². The highest BCUT2D eigenvalue weighted by Crippen LogP contribution is 2.22. The minimum atomic E-state index is -0.359. The number of hydrogen-bond donors (Lipinski definition) is 1. The number of carbonyl (C=O) groups is 1. The summed E-state index contributed by atoms with van der Waals surface area (Å²) in [4.78, 5) is 11.9. The van der Waals surface area contributed by atoms with Crippen LogP contribution in [0, 0.1) is 5.82 Å². The third kappa shape index (κ3) is 3.48. The molecule has 1 aliphatic rings. The summed E-state index contributed by atoms with van der Waals surface area (Å²) in [6, 6.07) is 5.45. The molecular formula is C15H17FN4O2. The summed E-state index contributed by atoms with van der Waals surface area (Å²) in [5, 5.41) is 11.0. The van der Waals surface area contributed by atoms with Gasteiger partial charge >= 0.3 is 0 Å². The smallest absolute Gasteiger partial charge is 0.251 e. The second kappa shape index (κ2) is 6.65. The number of hydrogen-bond acceptors (Lipinski definition) is 4. The van der Waals surface area contributed by atoms with Crippen LogP contribution < -0.4 is 5.32 Å². The van der Waals surface area contributed by atoms with Crippen LogP contribution in [0.4, 0.5) is 4.39 Å². The van der Waals surface area contributed by atoms with Gasteiger partial charge in [0.05, 0.1) is 18.8 Å². The molecule has 0 spiro atoms. The van der Waals surface area contributed by atoms with Gasteiger partial charge in [0.15, 0.2) is 0 Å². The SMILES string of the molecule is O=C(NCCn1cc([C@@H]2CCOC2)nn1)c1ccc(F)cc1. The Hall–Kier alpha value is -2.28. The number of aromatic nitrogens is 3. The Kier molecular flexibility index (Phi) is 4.43. The molecule has 0 bridgehead atoms. The van der Waals surface area contributed by atoms with Gasteiger partial charge in [-0.05, 0) is 30.7 Å². The molecule has 1 atom stereocenters. The highest BCUT2D eigenvalue weighted by atomic mass is 19.1. The Bertz CT molecular complexity index is 635. The van der Waals surface area contributed by atoms with Gasteiger partial charge in [-0.3, -0.25) is 9.48 Å². The van der Waals surface area contributed by atoms with Crippen LogP contribution >= 0.6 is 0 Å². The van der Waals surface area contributed by atoms with Crippen molar-refractivity contribution in [3.05, 3.63) is 47.5 Å². The lowest BCUT2D eigenvalue weighted by molar-refractivity contribution is 0.0952. The molecule has 22 heavy (non-hydrogen) atoms. The van der Waals surface area contributed by atoms with Crippen LogP contribution in [0.25, 0.3) is 0 Å². The first kappa shape index (κ1) is 14.6. The molecule has 2 heterocycles. The average molecular weight is 304 g/mol. The normalized spacial score (nSPS) is 17.6. The van der Waals surface area contributed by atoms with Gasteiger partial charge in [-0.15, -0.1) is 5.10 Å². The Morgan fingerprint density at radius 1 is 1.41 bits per heavy atom. The summed E-state index contributed by atoms with van der Waals surface area (Å²) in [6.45, 7) is 2.43. The van der Waals surface area contributed by atoms with E-state index in [0.29, 0.717) is 31.2 Å². The van der Waals surface area contributed by atoms with E-state index in [1.807, 2.05) is 6.20 Å². The lowest BCUT2D eigenvalue weighted by atomic mass is 10.1. The number of amides is 1. The van der Waals surface area contributed by atoms with Gasteiger partial charge in [0, 0.05) is 30.8 Å². The molecule has 2 aromatic rings. The summed E-state index contributed by atoms with van der Waals surface area (Å²) in [5.74, 6) is -0.269. The molecule has 0 unspecified atom stereocenters. The van der Waals surface area contributed by atoms with E-state index in [2.05, 4.69) is 15.6 Å². The number of nitrogens with one attached hydrogen (secondary N) is 1. The van der Waals surface area contributed by atoms with Crippen molar-refractivity contribution in [3.63, 3.8) is 0 Å². The average Bonchev–Trinajstić information content (AvgIpc) is 3.19. The van der Waals surface area contributed by atoms with Crippen LogP contribution in [0.5, 0.6) is 0 Å². The summed E-state index contributed by atoms with van der Waals surface area (Å²) in [7, 11) is 0. The molecule has 116 valence electrons. The Labute approximate surface area is 127 Å². The van der Waals surface area contributed by atoms with E-state index >= 15 is 0 Å². The van der Waals surface area contributed by atoms with Gasteiger partial charge in [0.2, 0.25) is 0 Å². The number of rotatable bonds is 5. The predicted molar refractivity (Wildman–Crippen MR) is 76.9 cm³/mol. The third-order valence-electron chi connectivity index (χ3n) is 3.64. The van der Waals surface area contributed by atoms with Crippen molar-refractivity contribution < 1.29 is 13.9 Å². The zero-order valence-electron chi connectivity index (χ0n) is 12.0. The molecule has 1 saturated heterocycles. The number of nitrogens with zero attached hydrogens (tertiary/aromatic N) is 3. The lowest BCUT2D eigenvalue weighted by Gasteiger charge is -2.05. The van der Waals surface area contributed by atoms with Crippen LogP contribution in [0.1, 0.15) is 28.4 Å². The molecule has 1 N–H and O–H groups in total. The molecule has 7 heteroatoms. The van der Waals surface area contributed by atoms with Gasteiger partial charge in [-0.2, -0.15) is 0 Å². The molecule has 1 aromatic carbocycles. The second-order valence-corrected chi connectivity index (χ2v) is 5.23. The maximum atomic E-state index is 12.8. The minimum absolute atomic E-state index is 0.232. The fourth-order valence-electron chi connectivity index (χ4n) is 2.36.